The third-order valence-corrected chi connectivity index (χ3v) is 4.34. The fourth-order valence-electron chi connectivity index (χ4n) is 3.27. The van der Waals surface area contributed by atoms with Gasteiger partial charge in [0, 0.05) is 17.9 Å². The highest BCUT2D eigenvalue weighted by Crippen LogP contribution is 2.37. The van der Waals surface area contributed by atoms with E-state index in [0.29, 0.717) is 5.92 Å². The Morgan fingerprint density at radius 2 is 2.30 bits per heavy atom. The van der Waals surface area contributed by atoms with Crippen molar-refractivity contribution in [2.45, 2.75) is 38.8 Å². The van der Waals surface area contributed by atoms with Crippen molar-refractivity contribution in [3.63, 3.8) is 0 Å². The second-order valence-corrected chi connectivity index (χ2v) is 5.56. The van der Waals surface area contributed by atoms with Crippen molar-refractivity contribution in [2.75, 3.05) is 6.61 Å². The van der Waals surface area contributed by atoms with Crippen LogP contribution in [0.4, 0.5) is 0 Å². The molecule has 3 N–H and O–H groups in total. The first kappa shape index (κ1) is 13.6. The van der Waals surface area contributed by atoms with Gasteiger partial charge in [-0.15, -0.1) is 0 Å². The van der Waals surface area contributed by atoms with Crippen molar-refractivity contribution in [1.29, 1.82) is 0 Å². The Bertz CT molecular complexity index is 593. The van der Waals surface area contributed by atoms with E-state index in [4.69, 9.17) is 15.0 Å². The standard InChI is InChI=1S/C16H22N2O2/c1-3-13-12(7-8-19-13)15(18-17)14-9-11-6-4-5-10(2)16(11)20-14/h4-6,9,12-13,15,18H,3,7-8,17H2,1-2H3. The molecule has 2 aromatic rings. The van der Waals surface area contributed by atoms with Gasteiger partial charge in [0.25, 0.3) is 0 Å². The van der Waals surface area contributed by atoms with Crippen LogP contribution in [0.15, 0.2) is 28.7 Å². The van der Waals surface area contributed by atoms with Crippen LogP contribution < -0.4 is 11.3 Å². The van der Waals surface area contributed by atoms with E-state index in [2.05, 4.69) is 43.5 Å². The maximum Gasteiger partial charge on any atom is 0.137 e. The lowest BCUT2D eigenvalue weighted by molar-refractivity contribution is 0.0749. The molecular formula is C16H22N2O2. The van der Waals surface area contributed by atoms with Gasteiger partial charge in [-0.1, -0.05) is 25.1 Å². The first-order valence-electron chi connectivity index (χ1n) is 7.31. The summed E-state index contributed by atoms with van der Waals surface area (Å²) >= 11 is 0. The van der Waals surface area contributed by atoms with Gasteiger partial charge in [0.1, 0.15) is 11.3 Å². The number of fused-ring (bicyclic) bond motifs is 1. The van der Waals surface area contributed by atoms with Gasteiger partial charge in [0.15, 0.2) is 0 Å². The van der Waals surface area contributed by atoms with Crippen molar-refractivity contribution < 1.29 is 9.15 Å². The number of nitrogens with one attached hydrogen (secondary N) is 1. The summed E-state index contributed by atoms with van der Waals surface area (Å²) in [4.78, 5) is 0. The maximum absolute atomic E-state index is 6.06. The molecule has 1 saturated heterocycles. The van der Waals surface area contributed by atoms with Crippen LogP contribution in [0.1, 0.15) is 37.1 Å². The molecule has 0 spiro atoms. The number of hydrogen-bond donors (Lipinski definition) is 2. The highest BCUT2D eigenvalue weighted by Gasteiger charge is 2.35. The van der Waals surface area contributed by atoms with Gasteiger partial charge in [-0.05, 0) is 31.4 Å². The van der Waals surface area contributed by atoms with Crippen molar-refractivity contribution in [2.24, 2.45) is 11.8 Å². The predicted molar refractivity (Wildman–Crippen MR) is 79.2 cm³/mol. The lowest BCUT2D eigenvalue weighted by Gasteiger charge is -2.24. The molecule has 0 amide bonds. The molecule has 3 unspecified atom stereocenters. The fourth-order valence-corrected chi connectivity index (χ4v) is 3.27. The van der Waals surface area contributed by atoms with E-state index in [0.717, 1.165) is 41.7 Å². The van der Waals surface area contributed by atoms with Crippen LogP contribution in [-0.2, 0) is 4.74 Å². The van der Waals surface area contributed by atoms with E-state index in [9.17, 15) is 0 Å². The number of benzene rings is 1. The quantitative estimate of drug-likeness (QED) is 0.664. The summed E-state index contributed by atoms with van der Waals surface area (Å²) in [5, 5.41) is 1.13. The van der Waals surface area contributed by atoms with E-state index in [1.54, 1.807) is 0 Å². The molecule has 1 aliphatic rings. The van der Waals surface area contributed by atoms with Gasteiger partial charge in [0.2, 0.25) is 0 Å². The summed E-state index contributed by atoms with van der Waals surface area (Å²) < 4.78 is 11.8. The van der Waals surface area contributed by atoms with E-state index in [1.807, 2.05) is 0 Å². The molecule has 4 heteroatoms. The maximum atomic E-state index is 6.06. The topological polar surface area (TPSA) is 60.4 Å². The van der Waals surface area contributed by atoms with Crippen LogP contribution in [0.2, 0.25) is 0 Å². The van der Waals surface area contributed by atoms with Gasteiger partial charge in [-0.3, -0.25) is 5.84 Å². The first-order valence-corrected chi connectivity index (χ1v) is 7.31. The molecule has 3 rings (SSSR count). The van der Waals surface area contributed by atoms with Crippen LogP contribution >= 0.6 is 0 Å². The Morgan fingerprint density at radius 3 is 3.00 bits per heavy atom. The summed E-state index contributed by atoms with van der Waals surface area (Å²) in [6.07, 6.45) is 2.27. The van der Waals surface area contributed by atoms with Crippen LogP contribution in [0.5, 0.6) is 0 Å². The average molecular weight is 274 g/mol. The molecule has 1 aromatic heterocycles. The molecule has 0 radical (unpaired) electrons. The Morgan fingerprint density at radius 1 is 1.45 bits per heavy atom. The SMILES string of the molecule is CCC1OCCC1C(NN)c1cc2cccc(C)c2o1. The van der Waals surface area contributed by atoms with E-state index in [-0.39, 0.29) is 12.1 Å². The minimum Gasteiger partial charge on any atom is -0.459 e. The zero-order valence-electron chi connectivity index (χ0n) is 12.1. The second kappa shape index (κ2) is 5.56. The number of hydrogen-bond acceptors (Lipinski definition) is 4. The number of aryl methyl sites for hydroxylation is 1. The van der Waals surface area contributed by atoms with Crippen LogP contribution in [0.25, 0.3) is 11.0 Å². The Hall–Kier alpha value is -1.36. The molecule has 108 valence electrons. The molecule has 2 heterocycles. The number of furan rings is 1. The summed E-state index contributed by atoms with van der Waals surface area (Å²) in [5.74, 6) is 7.07. The van der Waals surface area contributed by atoms with Gasteiger partial charge in [-0.25, -0.2) is 5.43 Å². The number of nitrogens with two attached hydrogens (primary N) is 1. The van der Waals surface area contributed by atoms with Gasteiger partial charge in [-0.2, -0.15) is 0 Å². The van der Waals surface area contributed by atoms with Gasteiger partial charge >= 0.3 is 0 Å². The minimum atomic E-state index is 0.00856. The van der Waals surface area contributed by atoms with Crippen molar-refractivity contribution in [3.8, 4) is 0 Å². The van der Waals surface area contributed by atoms with Crippen molar-refractivity contribution >= 4 is 11.0 Å². The zero-order chi connectivity index (χ0) is 14.1. The normalized spacial score (nSPS) is 24.4. The Labute approximate surface area is 119 Å². The number of rotatable bonds is 4. The summed E-state index contributed by atoms with van der Waals surface area (Å²) in [6, 6.07) is 8.29. The smallest absolute Gasteiger partial charge is 0.137 e. The third kappa shape index (κ3) is 2.24. The highest BCUT2D eigenvalue weighted by molar-refractivity contribution is 5.81. The fraction of sp³-hybridized carbons (Fsp3) is 0.500. The van der Waals surface area contributed by atoms with E-state index < -0.39 is 0 Å². The number of para-hydroxylation sites is 1. The Kier molecular flexibility index (Phi) is 3.78. The predicted octanol–water partition coefficient (Wildman–Crippen LogP) is 3.06. The minimum absolute atomic E-state index is 0.00856. The zero-order valence-corrected chi connectivity index (χ0v) is 12.1. The van der Waals surface area contributed by atoms with Crippen LogP contribution in [-0.4, -0.2) is 12.7 Å². The molecule has 0 aliphatic carbocycles. The molecule has 4 nitrogen and oxygen atoms in total. The Balaban J connectivity index is 1.97. The molecule has 0 bridgehead atoms. The highest BCUT2D eigenvalue weighted by atomic mass is 16.5. The van der Waals surface area contributed by atoms with Gasteiger partial charge in [0.05, 0.1) is 12.1 Å². The molecule has 3 atom stereocenters. The molecule has 0 saturated carbocycles. The third-order valence-electron chi connectivity index (χ3n) is 4.34. The molecule has 1 fully saturated rings. The van der Waals surface area contributed by atoms with Gasteiger partial charge < -0.3 is 9.15 Å². The summed E-state index contributed by atoms with van der Waals surface area (Å²) in [7, 11) is 0. The van der Waals surface area contributed by atoms with Crippen molar-refractivity contribution in [1.82, 2.24) is 5.43 Å². The molecule has 20 heavy (non-hydrogen) atoms. The lowest BCUT2D eigenvalue weighted by Crippen LogP contribution is -2.36. The van der Waals surface area contributed by atoms with Crippen LogP contribution in [0.3, 0.4) is 0 Å². The van der Waals surface area contributed by atoms with E-state index >= 15 is 0 Å². The summed E-state index contributed by atoms with van der Waals surface area (Å²) in [5.41, 5.74) is 5.04. The molecule has 1 aromatic carbocycles. The number of ether oxygens (including phenoxy) is 1. The number of hydrazine groups is 1. The lowest BCUT2D eigenvalue weighted by atomic mass is 9.90. The van der Waals surface area contributed by atoms with Crippen molar-refractivity contribution in [3.05, 3.63) is 35.6 Å². The van der Waals surface area contributed by atoms with E-state index in [1.165, 1.54) is 0 Å². The average Bonchev–Trinajstić information content (AvgIpc) is 3.07. The molecular weight excluding hydrogens is 252 g/mol. The first-order chi connectivity index (χ1) is 9.74. The second-order valence-electron chi connectivity index (χ2n) is 5.56. The largest absolute Gasteiger partial charge is 0.459 e. The molecule has 1 aliphatic heterocycles. The monoisotopic (exact) mass is 274 g/mol. The van der Waals surface area contributed by atoms with Crippen LogP contribution in [0, 0.1) is 12.8 Å². The summed E-state index contributed by atoms with van der Waals surface area (Å²) in [6.45, 7) is 5.02.